The smallest absolute Gasteiger partial charge is 0.422 e. The van der Waals surface area contributed by atoms with Crippen LogP contribution in [0.4, 0.5) is 13.2 Å². The molecule has 5 nitrogen and oxygen atoms in total. The number of thiazole rings is 1. The van der Waals surface area contributed by atoms with E-state index in [4.69, 9.17) is 0 Å². The summed E-state index contributed by atoms with van der Waals surface area (Å²) in [6.07, 6.45) is -0.0979. The first kappa shape index (κ1) is 19.8. The summed E-state index contributed by atoms with van der Waals surface area (Å²) in [6.45, 7) is 0.406. The maximum Gasteiger partial charge on any atom is 0.422 e. The molecular weight excluding hydrogens is 403 g/mol. The number of hydrogen-bond donors (Lipinski definition) is 1. The fraction of sp³-hybridized carbons (Fsp3) is 0.400. The fourth-order valence-corrected chi connectivity index (χ4v) is 4.33. The van der Waals surface area contributed by atoms with Gasteiger partial charge in [-0.3, -0.25) is 4.79 Å². The third kappa shape index (κ3) is 4.24. The number of alkyl halides is 3. The van der Waals surface area contributed by atoms with Crippen LogP contribution in [-0.4, -0.2) is 28.2 Å². The highest BCUT2D eigenvalue weighted by Crippen LogP contribution is 2.50. The van der Waals surface area contributed by atoms with Crippen molar-refractivity contribution in [3.05, 3.63) is 47.1 Å². The minimum atomic E-state index is -4.41. The Labute approximate surface area is 169 Å². The van der Waals surface area contributed by atoms with E-state index >= 15 is 0 Å². The lowest BCUT2D eigenvalue weighted by molar-refractivity contribution is -0.153. The standard InChI is InChI=1S/C20H20F3N3O2S/c1-11(17-8-24-19(29-17)28-10-20(21,22)23)25-18(27)14-7-13(14)15-9-26(2)16-6-4-3-5-12(15)16/h3-6,8-9,11,13-14H,7,10H2,1-2H3,(H,25,27)/t11?,13-,14-/m0/s1. The van der Waals surface area contributed by atoms with Crippen molar-refractivity contribution in [2.45, 2.75) is 31.5 Å². The summed E-state index contributed by atoms with van der Waals surface area (Å²) in [5, 5.41) is 4.05. The number of carbonyl (C=O) groups is 1. The van der Waals surface area contributed by atoms with Crippen LogP contribution in [0.15, 0.2) is 36.7 Å². The van der Waals surface area contributed by atoms with Crippen molar-refractivity contribution in [2.24, 2.45) is 13.0 Å². The van der Waals surface area contributed by atoms with E-state index in [1.54, 1.807) is 6.92 Å². The highest BCUT2D eigenvalue weighted by Gasteiger charge is 2.45. The first-order valence-electron chi connectivity index (χ1n) is 9.22. The molecule has 1 saturated carbocycles. The van der Waals surface area contributed by atoms with Crippen molar-refractivity contribution in [1.82, 2.24) is 14.9 Å². The number of aromatic nitrogens is 2. The normalized spacial score (nSPS) is 19.9. The van der Waals surface area contributed by atoms with E-state index in [9.17, 15) is 18.0 Å². The van der Waals surface area contributed by atoms with Gasteiger partial charge in [0.1, 0.15) is 0 Å². The van der Waals surface area contributed by atoms with Gasteiger partial charge in [0.25, 0.3) is 5.19 Å². The molecule has 0 saturated heterocycles. The molecule has 1 aliphatic carbocycles. The van der Waals surface area contributed by atoms with Crippen LogP contribution in [0.3, 0.4) is 0 Å². The molecule has 3 aromatic rings. The van der Waals surface area contributed by atoms with E-state index in [0.29, 0.717) is 4.88 Å². The first-order chi connectivity index (χ1) is 13.7. The minimum absolute atomic E-state index is 0.0541. The molecule has 0 spiro atoms. The van der Waals surface area contributed by atoms with Gasteiger partial charge >= 0.3 is 6.18 Å². The Bertz CT molecular complexity index is 1040. The van der Waals surface area contributed by atoms with Gasteiger partial charge in [-0.2, -0.15) is 13.2 Å². The van der Waals surface area contributed by atoms with Gasteiger partial charge < -0.3 is 14.6 Å². The zero-order chi connectivity index (χ0) is 20.8. The predicted molar refractivity (Wildman–Crippen MR) is 104 cm³/mol. The Kier molecular flexibility index (Phi) is 5.02. The fourth-order valence-electron chi connectivity index (χ4n) is 3.57. The second kappa shape index (κ2) is 7.37. The average Bonchev–Trinajstić information content (AvgIpc) is 3.19. The van der Waals surface area contributed by atoms with Crippen LogP contribution in [-0.2, 0) is 11.8 Å². The van der Waals surface area contributed by atoms with Gasteiger partial charge in [0.2, 0.25) is 5.91 Å². The van der Waals surface area contributed by atoms with Gasteiger partial charge in [0, 0.05) is 36.3 Å². The molecular formula is C20H20F3N3O2S. The quantitative estimate of drug-likeness (QED) is 0.633. The summed E-state index contributed by atoms with van der Waals surface area (Å²) in [5.74, 6) is 0.0270. The van der Waals surface area contributed by atoms with Crippen LogP contribution in [0, 0.1) is 5.92 Å². The molecule has 2 aromatic heterocycles. The molecule has 1 aliphatic rings. The van der Waals surface area contributed by atoms with Crippen molar-refractivity contribution in [3.8, 4) is 5.19 Å². The lowest BCUT2D eigenvalue weighted by Crippen LogP contribution is -2.27. The zero-order valence-electron chi connectivity index (χ0n) is 15.9. The highest BCUT2D eigenvalue weighted by molar-refractivity contribution is 7.13. The maximum absolute atomic E-state index is 12.7. The summed E-state index contributed by atoms with van der Waals surface area (Å²) in [5.41, 5.74) is 2.31. The number of benzene rings is 1. The summed E-state index contributed by atoms with van der Waals surface area (Å²) in [7, 11) is 1.99. The molecule has 0 bridgehead atoms. The molecule has 1 aromatic carbocycles. The minimum Gasteiger partial charge on any atom is -0.460 e. The van der Waals surface area contributed by atoms with Crippen molar-refractivity contribution in [3.63, 3.8) is 0 Å². The van der Waals surface area contributed by atoms with Gasteiger partial charge in [-0.1, -0.05) is 29.5 Å². The SMILES string of the molecule is CC(NC(=O)[C@H]1C[C@@H]1c1cn(C)c2ccccc12)c1cnc(OCC(F)(F)F)s1. The molecule has 1 unspecified atom stereocenters. The zero-order valence-corrected chi connectivity index (χ0v) is 16.7. The third-order valence-corrected chi connectivity index (χ3v) is 6.19. The van der Waals surface area contributed by atoms with Gasteiger partial charge in [-0.15, -0.1) is 0 Å². The molecule has 1 fully saturated rings. The highest BCUT2D eigenvalue weighted by atomic mass is 32.1. The van der Waals surface area contributed by atoms with E-state index in [1.165, 1.54) is 11.8 Å². The van der Waals surface area contributed by atoms with E-state index < -0.39 is 12.8 Å². The number of rotatable bonds is 6. The van der Waals surface area contributed by atoms with Crippen LogP contribution >= 0.6 is 11.3 Å². The van der Waals surface area contributed by atoms with Crippen LogP contribution in [0.2, 0.25) is 0 Å². The number of amides is 1. The first-order valence-corrected chi connectivity index (χ1v) is 10.0. The van der Waals surface area contributed by atoms with Crippen molar-refractivity contribution in [1.29, 1.82) is 0 Å². The molecule has 29 heavy (non-hydrogen) atoms. The van der Waals surface area contributed by atoms with Crippen molar-refractivity contribution >= 4 is 28.1 Å². The molecule has 0 aliphatic heterocycles. The Morgan fingerprint density at radius 2 is 2.17 bits per heavy atom. The van der Waals surface area contributed by atoms with Gasteiger partial charge in [-0.05, 0) is 30.9 Å². The van der Waals surface area contributed by atoms with Crippen LogP contribution in [0.5, 0.6) is 5.19 Å². The number of hydrogen-bond acceptors (Lipinski definition) is 4. The second-order valence-electron chi connectivity index (χ2n) is 7.32. The van der Waals surface area contributed by atoms with E-state index in [2.05, 4.69) is 37.9 Å². The number of para-hydroxylation sites is 1. The molecule has 4 rings (SSSR count). The van der Waals surface area contributed by atoms with Gasteiger partial charge in [0.15, 0.2) is 6.61 Å². The molecule has 2 heterocycles. The summed E-state index contributed by atoms with van der Waals surface area (Å²) < 4.78 is 43.5. The summed E-state index contributed by atoms with van der Waals surface area (Å²) in [6, 6.07) is 7.76. The summed E-state index contributed by atoms with van der Waals surface area (Å²) >= 11 is 1.01. The number of aryl methyl sites for hydroxylation is 1. The predicted octanol–water partition coefficient (Wildman–Crippen LogP) is 4.56. The number of ether oxygens (including phenoxy) is 1. The van der Waals surface area contributed by atoms with Crippen LogP contribution in [0.25, 0.3) is 10.9 Å². The monoisotopic (exact) mass is 423 g/mol. The lowest BCUT2D eigenvalue weighted by Gasteiger charge is -2.11. The molecule has 3 atom stereocenters. The molecule has 9 heteroatoms. The Morgan fingerprint density at radius 1 is 1.41 bits per heavy atom. The van der Waals surface area contributed by atoms with Gasteiger partial charge in [-0.25, -0.2) is 4.98 Å². The second-order valence-corrected chi connectivity index (χ2v) is 8.35. The molecule has 154 valence electrons. The Morgan fingerprint density at radius 3 is 2.93 bits per heavy atom. The van der Waals surface area contributed by atoms with Crippen LogP contribution < -0.4 is 10.1 Å². The number of nitrogens with one attached hydrogen (secondary N) is 1. The van der Waals surface area contributed by atoms with E-state index in [1.807, 2.05) is 19.2 Å². The number of halogens is 3. The number of carbonyl (C=O) groups excluding carboxylic acids is 1. The maximum atomic E-state index is 12.7. The Hall–Kier alpha value is -2.55. The largest absolute Gasteiger partial charge is 0.460 e. The molecule has 1 N–H and O–H groups in total. The van der Waals surface area contributed by atoms with E-state index in [-0.39, 0.29) is 29.0 Å². The average molecular weight is 423 g/mol. The summed E-state index contributed by atoms with van der Waals surface area (Å²) in [4.78, 5) is 17.2. The number of nitrogens with zero attached hydrogens (tertiary/aromatic N) is 2. The van der Waals surface area contributed by atoms with Crippen molar-refractivity contribution < 1.29 is 22.7 Å². The Balaban J connectivity index is 1.37. The lowest BCUT2D eigenvalue weighted by atomic mass is 10.1. The topological polar surface area (TPSA) is 56.2 Å². The molecule has 0 radical (unpaired) electrons. The van der Waals surface area contributed by atoms with Crippen molar-refractivity contribution in [2.75, 3.05) is 6.61 Å². The molecule has 1 amide bonds. The number of fused-ring (bicyclic) bond motifs is 1. The van der Waals surface area contributed by atoms with Gasteiger partial charge in [0.05, 0.1) is 10.9 Å². The van der Waals surface area contributed by atoms with Crippen LogP contribution in [0.1, 0.15) is 35.7 Å². The van der Waals surface area contributed by atoms with E-state index in [0.717, 1.165) is 28.7 Å². The third-order valence-electron chi connectivity index (χ3n) is 5.10.